The van der Waals surface area contributed by atoms with Gasteiger partial charge in [-0.15, -0.1) is 0 Å². The number of hydrogen-bond donors (Lipinski definition) is 2. The summed E-state index contributed by atoms with van der Waals surface area (Å²) in [5, 5.41) is 2.58. The van der Waals surface area contributed by atoms with E-state index in [0.29, 0.717) is 11.3 Å². The van der Waals surface area contributed by atoms with E-state index in [-0.39, 0.29) is 0 Å². The summed E-state index contributed by atoms with van der Waals surface area (Å²) in [5.41, 5.74) is 0.866. The number of benzene rings is 2. The Bertz CT molecular complexity index is 914. The van der Waals surface area contributed by atoms with Crippen LogP contribution in [0.15, 0.2) is 47.4 Å². The van der Waals surface area contributed by atoms with E-state index in [1.165, 1.54) is 30.3 Å². The van der Waals surface area contributed by atoms with Gasteiger partial charge >= 0.3 is 0 Å². The molecule has 1 atom stereocenters. The van der Waals surface area contributed by atoms with Crippen molar-refractivity contribution in [3.63, 3.8) is 0 Å². The van der Waals surface area contributed by atoms with Crippen molar-refractivity contribution in [1.82, 2.24) is 4.72 Å². The number of halogens is 2. The fraction of sp³-hybridized carbons (Fsp3) is 0.278. The molecule has 5 nitrogen and oxygen atoms in total. The Morgan fingerprint density at radius 2 is 1.73 bits per heavy atom. The minimum Gasteiger partial charge on any atom is -0.324 e. The number of nitrogens with one attached hydrogen (secondary N) is 2. The van der Waals surface area contributed by atoms with Crippen LogP contribution in [0.4, 0.5) is 14.5 Å². The van der Waals surface area contributed by atoms with Gasteiger partial charge in [-0.1, -0.05) is 26.0 Å². The Morgan fingerprint density at radius 3 is 2.31 bits per heavy atom. The maximum absolute atomic E-state index is 13.8. The molecule has 0 fully saturated rings. The Morgan fingerprint density at radius 1 is 1.08 bits per heavy atom. The smallest absolute Gasteiger partial charge is 0.244 e. The van der Waals surface area contributed by atoms with Gasteiger partial charge in [0.05, 0.1) is 0 Å². The Kier molecular flexibility index (Phi) is 6.09. The number of hydrogen-bond acceptors (Lipinski definition) is 3. The Balaban J connectivity index is 2.25. The van der Waals surface area contributed by atoms with Crippen molar-refractivity contribution >= 4 is 21.6 Å². The summed E-state index contributed by atoms with van der Waals surface area (Å²) in [6.07, 6.45) is 0. The second-order valence-electron chi connectivity index (χ2n) is 6.22. The molecule has 2 aromatic carbocycles. The molecule has 2 aromatic rings. The standard InChI is InChI=1S/C18H20F2N2O3S/c1-11(2)17(18(23)21-15-9-8-13(19)10-12(15)3)22-26(24,25)16-7-5-4-6-14(16)20/h4-11,17,22H,1-3H3,(H,21,23). The second-order valence-corrected chi connectivity index (χ2v) is 7.90. The molecule has 1 amide bonds. The maximum atomic E-state index is 13.8. The van der Waals surface area contributed by atoms with Crippen LogP contribution in [0.1, 0.15) is 19.4 Å². The van der Waals surface area contributed by atoms with E-state index in [9.17, 15) is 22.0 Å². The van der Waals surface area contributed by atoms with Gasteiger partial charge in [0.2, 0.25) is 15.9 Å². The predicted octanol–water partition coefficient (Wildman–Crippen LogP) is 3.21. The second kappa shape index (κ2) is 7.92. The summed E-state index contributed by atoms with van der Waals surface area (Å²) in [6, 6.07) is 7.62. The molecule has 8 heteroatoms. The number of amides is 1. The third-order valence-corrected chi connectivity index (χ3v) is 5.28. The van der Waals surface area contributed by atoms with Crippen molar-refractivity contribution in [3.05, 3.63) is 59.7 Å². The first-order chi connectivity index (χ1) is 12.1. The van der Waals surface area contributed by atoms with Gasteiger partial charge in [0, 0.05) is 5.69 Å². The molecule has 1 unspecified atom stereocenters. The lowest BCUT2D eigenvalue weighted by molar-refractivity contribution is -0.118. The summed E-state index contributed by atoms with van der Waals surface area (Å²) >= 11 is 0. The van der Waals surface area contributed by atoms with Crippen molar-refractivity contribution in [1.29, 1.82) is 0 Å². The molecular weight excluding hydrogens is 362 g/mol. The van der Waals surface area contributed by atoms with Gasteiger partial charge in [0.1, 0.15) is 22.6 Å². The third kappa shape index (κ3) is 4.64. The minimum atomic E-state index is -4.24. The molecule has 0 aromatic heterocycles. The van der Waals surface area contributed by atoms with Crippen LogP contribution >= 0.6 is 0 Å². The molecule has 0 saturated carbocycles. The molecule has 26 heavy (non-hydrogen) atoms. The van der Waals surface area contributed by atoms with Crippen LogP contribution in [0.25, 0.3) is 0 Å². The first-order valence-electron chi connectivity index (χ1n) is 7.95. The lowest BCUT2D eigenvalue weighted by atomic mass is 10.0. The van der Waals surface area contributed by atoms with Crippen molar-refractivity contribution < 1.29 is 22.0 Å². The highest BCUT2D eigenvalue weighted by atomic mass is 32.2. The van der Waals surface area contributed by atoms with Crippen LogP contribution in [0, 0.1) is 24.5 Å². The van der Waals surface area contributed by atoms with E-state index in [0.717, 1.165) is 12.1 Å². The van der Waals surface area contributed by atoms with Gasteiger partial charge in [0.15, 0.2) is 0 Å². The van der Waals surface area contributed by atoms with E-state index in [4.69, 9.17) is 0 Å². The number of carbonyl (C=O) groups excluding carboxylic acids is 1. The first-order valence-corrected chi connectivity index (χ1v) is 9.44. The maximum Gasteiger partial charge on any atom is 0.244 e. The molecule has 0 heterocycles. The number of anilines is 1. The molecular formula is C18H20F2N2O3S. The number of sulfonamides is 1. The van der Waals surface area contributed by atoms with Crippen LogP contribution < -0.4 is 10.0 Å². The van der Waals surface area contributed by atoms with Crippen molar-refractivity contribution in [2.75, 3.05) is 5.32 Å². The summed E-state index contributed by atoms with van der Waals surface area (Å²) in [4.78, 5) is 12.0. The first kappa shape index (κ1) is 20.0. The van der Waals surface area contributed by atoms with Crippen LogP contribution in [-0.2, 0) is 14.8 Å². The molecule has 0 radical (unpaired) electrons. The van der Waals surface area contributed by atoms with Gasteiger partial charge in [0.25, 0.3) is 0 Å². The normalized spacial score (nSPS) is 12.8. The molecule has 140 valence electrons. The molecule has 0 bridgehead atoms. The van der Waals surface area contributed by atoms with Gasteiger partial charge < -0.3 is 5.32 Å². The average molecular weight is 382 g/mol. The van der Waals surface area contributed by atoms with E-state index in [1.54, 1.807) is 20.8 Å². The molecule has 0 spiro atoms. The summed E-state index contributed by atoms with van der Waals surface area (Å²) in [6.45, 7) is 4.93. The average Bonchev–Trinajstić information content (AvgIpc) is 2.55. The molecule has 0 aliphatic rings. The molecule has 0 saturated heterocycles. The number of aryl methyl sites for hydroxylation is 1. The van der Waals surface area contributed by atoms with E-state index in [1.807, 2.05) is 0 Å². The zero-order chi connectivity index (χ0) is 19.5. The quantitative estimate of drug-likeness (QED) is 0.806. The van der Waals surface area contributed by atoms with Gasteiger partial charge in [-0.25, -0.2) is 17.2 Å². The summed E-state index contributed by atoms with van der Waals surface area (Å²) in [7, 11) is -4.24. The largest absolute Gasteiger partial charge is 0.324 e. The molecule has 2 N–H and O–H groups in total. The van der Waals surface area contributed by atoms with E-state index in [2.05, 4.69) is 10.0 Å². The summed E-state index contributed by atoms with van der Waals surface area (Å²) in [5.74, 6) is -2.37. The van der Waals surface area contributed by atoms with Crippen molar-refractivity contribution in [3.8, 4) is 0 Å². The SMILES string of the molecule is Cc1cc(F)ccc1NC(=O)C(NS(=O)(=O)c1ccccc1F)C(C)C. The highest BCUT2D eigenvalue weighted by Gasteiger charge is 2.30. The van der Waals surface area contributed by atoms with E-state index < -0.39 is 44.4 Å². The zero-order valence-electron chi connectivity index (χ0n) is 14.6. The molecule has 0 aliphatic heterocycles. The van der Waals surface area contributed by atoms with E-state index >= 15 is 0 Å². The fourth-order valence-corrected chi connectivity index (χ4v) is 3.79. The van der Waals surface area contributed by atoms with Gasteiger partial charge in [-0.2, -0.15) is 4.72 Å². The van der Waals surface area contributed by atoms with Gasteiger partial charge in [-0.3, -0.25) is 4.79 Å². The lowest BCUT2D eigenvalue weighted by Crippen LogP contribution is -2.47. The Labute approximate surface area is 151 Å². The highest BCUT2D eigenvalue weighted by molar-refractivity contribution is 7.89. The predicted molar refractivity (Wildman–Crippen MR) is 95.1 cm³/mol. The molecule has 0 aliphatic carbocycles. The minimum absolute atomic E-state index is 0.368. The number of carbonyl (C=O) groups is 1. The van der Waals surface area contributed by atoms with Crippen LogP contribution in [0.2, 0.25) is 0 Å². The third-order valence-electron chi connectivity index (χ3n) is 3.80. The van der Waals surface area contributed by atoms with Crippen molar-refractivity contribution in [2.24, 2.45) is 5.92 Å². The van der Waals surface area contributed by atoms with Crippen LogP contribution in [0.3, 0.4) is 0 Å². The fourth-order valence-electron chi connectivity index (χ4n) is 2.36. The van der Waals surface area contributed by atoms with Crippen LogP contribution in [0.5, 0.6) is 0 Å². The molecule has 2 rings (SSSR count). The van der Waals surface area contributed by atoms with Crippen molar-refractivity contribution in [2.45, 2.75) is 31.7 Å². The monoisotopic (exact) mass is 382 g/mol. The summed E-state index contributed by atoms with van der Waals surface area (Å²) < 4.78 is 54.2. The van der Waals surface area contributed by atoms with Crippen LogP contribution in [-0.4, -0.2) is 20.4 Å². The number of rotatable bonds is 6. The lowest BCUT2D eigenvalue weighted by Gasteiger charge is -2.22. The van der Waals surface area contributed by atoms with Gasteiger partial charge in [-0.05, 0) is 48.7 Å². The highest BCUT2D eigenvalue weighted by Crippen LogP contribution is 2.19. The zero-order valence-corrected chi connectivity index (χ0v) is 15.4. The Hall–Kier alpha value is -2.32. The topological polar surface area (TPSA) is 75.3 Å².